The van der Waals surface area contributed by atoms with E-state index in [2.05, 4.69) is 10.1 Å². The van der Waals surface area contributed by atoms with Gasteiger partial charge in [0.25, 0.3) is 5.56 Å². The molecule has 25 heavy (non-hydrogen) atoms. The van der Waals surface area contributed by atoms with Crippen LogP contribution in [0.3, 0.4) is 0 Å². The molecule has 130 valence electrons. The summed E-state index contributed by atoms with van der Waals surface area (Å²) in [6, 6.07) is 6.36. The number of nitrogens with zero attached hydrogens (tertiary/aromatic N) is 4. The molecule has 0 saturated carbocycles. The first kappa shape index (κ1) is 17.4. The summed E-state index contributed by atoms with van der Waals surface area (Å²) in [5.41, 5.74) is 2.41. The second-order valence-corrected chi connectivity index (χ2v) is 6.70. The highest BCUT2D eigenvalue weighted by Crippen LogP contribution is 2.21. The summed E-state index contributed by atoms with van der Waals surface area (Å²) in [5.74, 6) is 0.381. The van der Waals surface area contributed by atoms with Crippen LogP contribution in [0.5, 0.6) is 0 Å². The molecule has 3 rings (SSSR count). The normalized spacial score (nSPS) is 11.0. The topological polar surface area (TPSA) is 52.7 Å². The highest BCUT2D eigenvalue weighted by Gasteiger charge is 2.10. The number of halogens is 1. The fourth-order valence-electron chi connectivity index (χ4n) is 2.50. The number of hydrogen-bond donors (Lipinski definition) is 0. The quantitative estimate of drug-likeness (QED) is 0.502. The van der Waals surface area contributed by atoms with Crippen LogP contribution >= 0.6 is 11.8 Å². The SMILES string of the molecule is CCn1cc(Cc2cnn(C)c2)c(=O)nc1SCc1ccc(F)cc1. The molecule has 0 N–H and O–H groups in total. The van der Waals surface area contributed by atoms with Crippen molar-refractivity contribution in [2.75, 3.05) is 0 Å². The Morgan fingerprint density at radius 3 is 2.56 bits per heavy atom. The molecule has 0 saturated heterocycles. The molecule has 0 aliphatic heterocycles. The fraction of sp³-hybridized carbons (Fsp3) is 0.278. The molecule has 0 unspecified atom stereocenters. The van der Waals surface area contributed by atoms with Crippen LogP contribution in [0.4, 0.5) is 4.39 Å². The van der Waals surface area contributed by atoms with Crippen LogP contribution in [0, 0.1) is 5.82 Å². The average molecular weight is 358 g/mol. The number of benzene rings is 1. The Bertz CT molecular complexity index is 918. The molecule has 0 fully saturated rings. The van der Waals surface area contributed by atoms with Crippen LogP contribution < -0.4 is 5.56 Å². The summed E-state index contributed by atoms with van der Waals surface area (Å²) in [4.78, 5) is 16.6. The Morgan fingerprint density at radius 2 is 1.92 bits per heavy atom. The van der Waals surface area contributed by atoms with Gasteiger partial charge in [0.1, 0.15) is 5.82 Å². The van der Waals surface area contributed by atoms with Gasteiger partial charge in [0.15, 0.2) is 5.16 Å². The first-order chi connectivity index (χ1) is 12.0. The zero-order valence-corrected chi connectivity index (χ0v) is 15.0. The van der Waals surface area contributed by atoms with Crippen molar-refractivity contribution in [1.82, 2.24) is 19.3 Å². The zero-order chi connectivity index (χ0) is 17.8. The van der Waals surface area contributed by atoms with E-state index < -0.39 is 0 Å². The van der Waals surface area contributed by atoms with Gasteiger partial charge >= 0.3 is 0 Å². The Balaban J connectivity index is 1.79. The molecule has 5 nitrogen and oxygen atoms in total. The fourth-order valence-corrected chi connectivity index (χ4v) is 3.48. The van der Waals surface area contributed by atoms with E-state index in [9.17, 15) is 9.18 Å². The van der Waals surface area contributed by atoms with E-state index in [0.717, 1.165) is 17.7 Å². The van der Waals surface area contributed by atoms with Crippen molar-refractivity contribution < 1.29 is 4.39 Å². The Hall–Kier alpha value is -2.41. The molecule has 1 aromatic carbocycles. The van der Waals surface area contributed by atoms with Gasteiger partial charge in [-0.15, -0.1) is 0 Å². The molecular weight excluding hydrogens is 339 g/mol. The highest BCUT2D eigenvalue weighted by molar-refractivity contribution is 7.98. The van der Waals surface area contributed by atoms with Crippen molar-refractivity contribution in [1.29, 1.82) is 0 Å². The van der Waals surface area contributed by atoms with Gasteiger partial charge in [-0.3, -0.25) is 9.48 Å². The lowest BCUT2D eigenvalue weighted by Gasteiger charge is -2.11. The van der Waals surface area contributed by atoms with Gasteiger partial charge in [0.2, 0.25) is 0 Å². The maximum absolute atomic E-state index is 13.0. The molecule has 2 aromatic heterocycles. The van der Waals surface area contributed by atoms with E-state index in [-0.39, 0.29) is 11.4 Å². The van der Waals surface area contributed by atoms with E-state index in [1.807, 2.05) is 30.9 Å². The minimum absolute atomic E-state index is 0.213. The van der Waals surface area contributed by atoms with Crippen molar-refractivity contribution in [2.45, 2.75) is 30.8 Å². The predicted molar refractivity (Wildman–Crippen MR) is 96.1 cm³/mol. The third kappa shape index (κ3) is 4.36. The van der Waals surface area contributed by atoms with Crippen LogP contribution in [0.1, 0.15) is 23.6 Å². The number of hydrogen-bond acceptors (Lipinski definition) is 4. The van der Waals surface area contributed by atoms with E-state index in [0.29, 0.717) is 22.9 Å². The lowest BCUT2D eigenvalue weighted by atomic mass is 10.1. The van der Waals surface area contributed by atoms with E-state index in [1.54, 1.807) is 23.0 Å². The maximum atomic E-state index is 13.0. The standard InChI is InChI=1S/C18H19FN4OS/c1-3-23-11-15(8-14-9-20-22(2)10-14)17(24)21-18(23)25-12-13-4-6-16(19)7-5-13/h4-7,9-11H,3,8,12H2,1-2H3. The monoisotopic (exact) mass is 358 g/mol. The number of thioether (sulfide) groups is 1. The van der Waals surface area contributed by atoms with Gasteiger partial charge in [-0.2, -0.15) is 10.1 Å². The molecule has 0 aliphatic rings. The van der Waals surface area contributed by atoms with Gasteiger partial charge in [-0.25, -0.2) is 4.39 Å². The first-order valence-corrected chi connectivity index (χ1v) is 8.99. The summed E-state index contributed by atoms with van der Waals surface area (Å²) in [6.07, 6.45) is 6.04. The van der Waals surface area contributed by atoms with Crippen LogP contribution in [0.25, 0.3) is 0 Å². The van der Waals surface area contributed by atoms with Crippen LogP contribution in [-0.2, 0) is 25.8 Å². The first-order valence-electron chi connectivity index (χ1n) is 8.00. The minimum Gasteiger partial charge on any atom is -0.327 e. The molecule has 0 aliphatic carbocycles. The Kier molecular flexibility index (Phi) is 5.33. The van der Waals surface area contributed by atoms with Crippen LogP contribution in [-0.4, -0.2) is 19.3 Å². The lowest BCUT2D eigenvalue weighted by molar-refractivity contribution is 0.627. The zero-order valence-electron chi connectivity index (χ0n) is 14.1. The van der Waals surface area contributed by atoms with E-state index >= 15 is 0 Å². The third-order valence-electron chi connectivity index (χ3n) is 3.80. The van der Waals surface area contributed by atoms with Crippen LogP contribution in [0.15, 0.2) is 52.8 Å². The summed E-state index contributed by atoms with van der Waals surface area (Å²) < 4.78 is 16.7. The molecule has 0 bridgehead atoms. The molecular formula is C18H19FN4OS. The molecule has 0 spiro atoms. The predicted octanol–water partition coefficient (Wildman–Crippen LogP) is 3.02. The van der Waals surface area contributed by atoms with E-state index in [1.165, 1.54) is 23.9 Å². The summed E-state index contributed by atoms with van der Waals surface area (Å²) in [7, 11) is 1.85. The van der Waals surface area contributed by atoms with Crippen molar-refractivity contribution in [3.05, 3.63) is 75.7 Å². The van der Waals surface area contributed by atoms with Crippen molar-refractivity contribution in [3.8, 4) is 0 Å². The molecule has 0 amide bonds. The molecule has 3 aromatic rings. The molecule has 2 heterocycles. The second kappa shape index (κ2) is 7.65. The summed E-state index contributed by atoms with van der Waals surface area (Å²) >= 11 is 1.48. The Morgan fingerprint density at radius 1 is 1.16 bits per heavy atom. The Labute approximate surface area is 149 Å². The largest absolute Gasteiger partial charge is 0.327 e. The maximum Gasteiger partial charge on any atom is 0.277 e. The third-order valence-corrected chi connectivity index (χ3v) is 4.87. The smallest absolute Gasteiger partial charge is 0.277 e. The van der Waals surface area contributed by atoms with Gasteiger partial charge in [0.05, 0.1) is 6.20 Å². The minimum atomic E-state index is -0.253. The molecule has 0 atom stereocenters. The van der Waals surface area contributed by atoms with Crippen molar-refractivity contribution >= 4 is 11.8 Å². The number of aromatic nitrogens is 4. The molecule has 7 heteroatoms. The van der Waals surface area contributed by atoms with Gasteiger partial charge in [-0.1, -0.05) is 23.9 Å². The van der Waals surface area contributed by atoms with E-state index in [4.69, 9.17) is 0 Å². The van der Waals surface area contributed by atoms with Gasteiger partial charge in [-0.05, 0) is 30.2 Å². The number of aryl methyl sites for hydroxylation is 2. The van der Waals surface area contributed by atoms with Gasteiger partial charge in [0, 0.05) is 43.7 Å². The van der Waals surface area contributed by atoms with Gasteiger partial charge < -0.3 is 4.57 Å². The highest BCUT2D eigenvalue weighted by atomic mass is 32.2. The number of rotatable bonds is 6. The second-order valence-electron chi connectivity index (χ2n) is 5.75. The average Bonchev–Trinajstić information content (AvgIpc) is 3.01. The summed E-state index contributed by atoms with van der Waals surface area (Å²) in [6.45, 7) is 2.74. The van der Waals surface area contributed by atoms with Crippen molar-refractivity contribution in [2.24, 2.45) is 7.05 Å². The van der Waals surface area contributed by atoms with Crippen LogP contribution in [0.2, 0.25) is 0 Å². The summed E-state index contributed by atoms with van der Waals surface area (Å²) in [5, 5.41) is 4.80. The van der Waals surface area contributed by atoms with Crippen molar-refractivity contribution in [3.63, 3.8) is 0 Å². The molecule has 0 radical (unpaired) electrons. The lowest BCUT2D eigenvalue weighted by Crippen LogP contribution is -2.19.